The van der Waals surface area contributed by atoms with Crippen LogP contribution in [0.15, 0.2) is 60.7 Å². The molecule has 0 atom stereocenters. The first-order chi connectivity index (χ1) is 10.1. The molecule has 0 aliphatic heterocycles. The highest BCUT2D eigenvalue weighted by atomic mass is 19.1. The molecule has 0 saturated heterocycles. The van der Waals surface area contributed by atoms with Gasteiger partial charge in [0.2, 0.25) is 0 Å². The van der Waals surface area contributed by atoms with E-state index >= 15 is 0 Å². The number of benzene rings is 3. The van der Waals surface area contributed by atoms with E-state index in [9.17, 15) is 9.18 Å². The van der Waals surface area contributed by atoms with Crippen molar-refractivity contribution in [2.75, 3.05) is 11.1 Å². The SMILES string of the molecule is Nc1cc(C(=O)Nc2ccc3ccccc3c2)ccc1F. The summed E-state index contributed by atoms with van der Waals surface area (Å²) in [5.41, 5.74) is 6.43. The van der Waals surface area contributed by atoms with E-state index < -0.39 is 5.82 Å². The van der Waals surface area contributed by atoms with Crippen molar-refractivity contribution in [1.82, 2.24) is 0 Å². The van der Waals surface area contributed by atoms with Crippen LogP contribution in [0.2, 0.25) is 0 Å². The molecule has 4 heteroatoms. The zero-order chi connectivity index (χ0) is 14.8. The smallest absolute Gasteiger partial charge is 0.255 e. The van der Waals surface area contributed by atoms with Gasteiger partial charge in [0.15, 0.2) is 0 Å². The molecule has 0 fully saturated rings. The Bertz CT molecular complexity index is 830. The topological polar surface area (TPSA) is 55.1 Å². The average molecular weight is 280 g/mol. The Balaban J connectivity index is 1.87. The quantitative estimate of drug-likeness (QED) is 0.701. The van der Waals surface area contributed by atoms with E-state index in [1.54, 1.807) is 0 Å². The van der Waals surface area contributed by atoms with Gasteiger partial charge in [0.05, 0.1) is 5.69 Å². The maximum Gasteiger partial charge on any atom is 0.255 e. The summed E-state index contributed by atoms with van der Waals surface area (Å²) in [5, 5.41) is 4.91. The van der Waals surface area contributed by atoms with Gasteiger partial charge < -0.3 is 11.1 Å². The third-order valence-corrected chi connectivity index (χ3v) is 3.27. The monoisotopic (exact) mass is 280 g/mol. The van der Waals surface area contributed by atoms with E-state index in [-0.39, 0.29) is 11.6 Å². The molecule has 0 bridgehead atoms. The molecule has 3 N–H and O–H groups in total. The van der Waals surface area contributed by atoms with Gasteiger partial charge in [0.25, 0.3) is 5.91 Å². The first-order valence-electron chi connectivity index (χ1n) is 6.49. The van der Waals surface area contributed by atoms with E-state index in [1.807, 2.05) is 42.5 Å². The number of nitrogen functional groups attached to an aromatic ring is 1. The van der Waals surface area contributed by atoms with E-state index in [4.69, 9.17) is 5.73 Å². The van der Waals surface area contributed by atoms with Crippen molar-refractivity contribution in [3.63, 3.8) is 0 Å². The van der Waals surface area contributed by atoms with E-state index in [2.05, 4.69) is 5.32 Å². The van der Waals surface area contributed by atoms with Gasteiger partial charge in [-0.1, -0.05) is 30.3 Å². The first-order valence-corrected chi connectivity index (χ1v) is 6.49. The zero-order valence-corrected chi connectivity index (χ0v) is 11.1. The normalized spacial score (nSPS) is 10.5. The number of fused-ring (bicyclic) bond motifs is 1. The molecule has 3 nitrogen and oxygen atoms in total. The fourth-order valence-corrected chi connectivity index (χ4v) is 2.16. The standard InChI is InChI=1S/C17H13FN2O/c18-15-8-6-13(10-16(15)19)17(21)20-14-7-5-11-3-1-2-4-12(11)9-14/h1-10H,19H2,(H,20,21). The Morgan fingerprint density at radius 2 is 1.71 bits per heavy atom. The Kier molecular flexibility index (Phi) is 3.28. The molecule has 0 heterocycles. The summed E-state index contributed by atoms with van der Waals surface area (Å²) < 4.78 is 13.1. The van der Waals surface area contributed by atoms with Crippen LogP contribution in [0.4, 0.5) is 15.8 Å². The molecule has 3 aromatic carbocycles. The van der Waals surface area contributed by atoms with Crippen LogP contribution >= 0.6 is 0 Å². The van der Waals surface area contributed by atoms with Gasteiger partial charge in [-0.2, -0.15) is 0 Å². The fourth-order valence-electron chi connectivity index (χ4n) is 2.16. The van der Waals surface area contributed by atoms with Crippen molar-refractivity contribution in [2.45, 2.75) is 0 Å². The molecule has 0 radical (unpaired) electrons. The average Bonchev–Trinajstić information content (AvgIpc) is 2.50. The number of anilines is 2. The van der Waals surface area contributed by atoms with Crippen LogP contribution in [-0.2, 0) is 0 Å². The number of rotatable bonds is 2. The molecular formula is C17H13FN2O. The first kappa shape index (κ1) is 13.1. The predicted molar refractivity (Wildman–Crippen MR) is 82.7 cm³/mol. The van der Waals surface area contributed by atoms with Crippen molar-refractivity contribution < 1.29 is 9.18 Å². The molecule has 0 unspecified atom stereocenters. The highest BCUT2D eigenvalue weighted by molar-refractivity contribution is 6.05. The molecule has 0 aliphatic rings. The van der Waals surface area contributed by atoms with Gasteiger partial charge in [-0.05, 0) is 41.1 Å². The second-order valence-electron chi connectivity index (χ2n) is 4.75. The lowest BCUT2D eigenvalue weighted by atomic mass is 10.1. The summed E-state index contributed by atoms with van der Waals surface area (Å²) in [6, 6.07) is 17.4. The van der Waals surface area contributed by atoms with Crippen molar-refractivity contribution in [3.8, 4) is 0 Å². The third kappa shape index (κ3) is 2.69. The molecule has 0 aliphatic carbocycles. The lowest BCUT2D eigenvalue weighted by molar-refractivity contribution is 0.102. The maximum absolute atomic E-state index is 13.1. The van der Waals surface area contributed by atoms with E-state index in [0.717, 1.165) is 10.8 Å². The van der Waals surface area contributed by atoms with E-state index in [0.29, 0.717) is 11.3 Å². The highest BCUT2D eigenvalue weighted by Crippen LogP contribution is 2.20. The van der Waals surface area contributed by atoms with Crippen molar-refractivity contribution >= 4 is 28.1 Å². The molecule has 3 aromatic rings. The summed E-state index contributed by atoms with van der Waals surface area (Å²) in [6.07, 6.45) is 0. The van der Waals surface area contributed by atoms with Crippen LogP contribution in [-0.4, -0.2) is 5.91 Å². The van der Waals surface area contributed by atoms with Gasteiger partial charge in [-0.3, -0.25) is 4.79 Å². The molecular weight excluding hydrogens is 267 g/mol. The minimum atomic E-state index is -0.530. The summed E-state index contributed by atoms with van der Waals surface area (Å²) in [7, 11) is 0. The number of hydrogen-bond donors (Lipinski definition) is 2. The van der Waals surface area contributed by atoms with Crippen LogP contribution in [0, 0.1) is 5.82 Å². The van der Waals surface area contributed by atoms with E-state index in [1.165, 1.54) is 18.2 Å². The van der Waals surface area contributed by atoms with Crippen LogP contribution in [0.5, 0.6) is 0 Å². The molecule has 0 aromatic heterocycles. The lowest BCUT2D eigenvalue weighted by Crippen LogP contribution is -2.12. The number of nitrogens with two attached hydrogens (primary N) is 1. The molecule has 21 heavy (non-hydrogen) atoms. The second-order valence-corrected chi connectivity index (χ2v) is 4.75. The van der Waals surface area contributed by atoms with Gasteiger partial charge in [-0.15, -0.1) is 0 Å². The largest absolute Gasteiger partial charge is 0.396 e. The van der Waals surface area contributed by atoms with Crippen molar-refractivity contribution in [2.24, 2.45) is 0 Å². The minimum Gasteiger partial charge on any atom is -0.396 e. The van der Waals surface area contributed by atoms with Crippen LogP contribution in [0.3, 0.4) is 0 Å². The summed E-state index contributed by atoms with van der Waals surface area (Å²) >= 11 is 0. The summed E-state index contributed by atoms with van der Waals surface area (Å²) in [5.74, 6) is -0.853. The minimum absolute atomic E-state index is 0.0406. The molecule has 1 amide bonds. The maximum atomic E-state index is 13.1. The predicted octanol–water partition coefficient (Wildman–Crippen LogP) is 3.81. The van der Waals surface area contributed by atoms with Gasteiger partial charge in [-0.25, -0.2) is 4.39 Å². The van der Waals surface area contributed by atoms with Gasteiger partial charge >= 0.3 is 0 Å². The number of carbonyl (C=O) groups is 1. The van der Waals surface area contributed by atoms with Gasteiger partial charge in [0.1, 0.15) is 5.82 Å². The third-order valence-electron chi connectivity index (χ3n) is 3.27. The van der Waals surface area contributed by atoms with Crippen molar-refractivity contribution in [3.05, 3.63) is 72.0 Å². The number of nitrogens with one attached hydrogen (secondary N) is 1. The number of hydrogen-bond acceptors (Lipinski definition) is 2. The zero-order valence-electron chi connectivity index (χ0n) is 11.1. The number of carbonyl (C=O) groups excluding carboxylic acids is 1. The Hall–Kier alpha value is -2.88. The highest BCUT2D eigenvalue weighted by Gasteiger charge is 2.08. The Morgan fingerprint density at radius 1 is 0.952 bits per heavy atom. The van der Waals surface area contributed by atoms with Crippen LogP contribution in [0.1, 0.15) is 10.4 Å². The second kappa shape index (κ2) is 5.25. The van der Waals surface area contributed by atoms with Crippen molar-refractivity contribution in [1.29, 1.82) is 0 Å². The van der Waals surface area contributed by atoms with Crippen LogP contribution in [0.25, 0.3) is 10.8 Å². The molecule has 104 valence electrons. The number of amides is 1. The molecule has 0 saturated carbocycles. The summed E-state index contributed by atoms with van der Waals surface area (Å²) in [4.78, 5) is 12.1. The van der Waals surface area contributed by atoms with Gasteiger partial charge in [0, 0.05) is 11.3 Å². The lowest BCUT2D eigenvalue weighted by Gasteiger charge is -2.07. The molecule has 0 spiro atoms. The fraction of sp³-hybridized carbons (Fsp3) is 0. The molecule has 3 rings (SSSR count). The Labute approximate surface area is 121 Å². The Morgan fingerprint density at radius 3 is 2.48 bits per heavy atom. The number of halogens is 1. The van der Waals surface area contributed by atoms with Crippen LogP contribution < -0.4 is 11.1 Å². The summed E-state index contributed by atoms with van der Waals surface area (Å²) in [6.45, 7) is 0.